The second-order valence-electron chi connectivity index (χ2n) is 2.63. The van der Waals surface area contributed by atoms with Crippen molar-refractivity contribution in [2.24, 2.45) is 0 Å². The number of aliphatic hydroxyl groups is 1. The second-order valence-corrected chi connectivity index (χ2v) is 2.63. The smallest absolute Gasteiger partial charge is 0.181 e. The third kappa shape index (κ3) is 2.68. The molecule has 0 atom stereocenters. The Labute approximate surface area is 66.2 Å². The Morgan fingerprint density at radius 3 is 3.09 bits per heavy atom. The third-order valence-corrected chi connectivity index (χ3v) is 1.72. The van der Waals surface area contributed by atoms with Crippen molar-refractivity contribution < 1.29 is 9.90 Å². The van der Waals surface area contributed by atoms with E-state index in [0.29, 0.717) is 0 Å². The molecule has 0 saturated carbocycles. The van der Waals surface area contributed by atoms with E-state index < -0.39 is 0 Å². The molecule has 1 aliphatic carbocycles. The maximum Gasteiger partial charge on any atom is 0.181 e. The Kier molecular flexibility index (Phi) is 3.05. The van der Waals surface area contributed by atoms with E-state index in [1.54, 1.807) is 6.08 Å². The molecule has 1 aliphatic rings. The van der Waals surface area contributed by atoms with E-state index in [1.807, 2.05) is 0 Å². The first kappa shape index (κ1) is 8.21. The predicted molar refractivity (Wildman–Crippen MR) is 43.2 cm³/mol. The van der Waals surface area contributed by atoms with Gasteiger partial charge in [0.1, 0.15) is 6.61 Å². The molecule has 11 heavy (non-hydrogen) atoms. The van der Waals surface area contributed by atoms with Crippen LogP contribution >= 0.6 is 0 Å². The van der Waals surface area contributed by atoms with Crippen molar-refractivity contribution in [1.82, 2.24) is 0 Å². The summed E-state index contributed by atoms with van der Waals surface area (Å²) in [5.74, 6) is -0.224. The zero-order chi connectivity index (χ0) is 8.10. The monoisotopic (exact) mass is 152 g/mol. The fraction of sp³-hybridized carbons (Fsp3) is 0.444. The summed E-state index contributed by atoms with van der Waals surface area (Å²) in [6.07, 6.45) is 8.74. The van der Waals surface area contributed by atoms with Crippen LogP contribution in [0.25, 0.3) is 0 Å². The number of carbonyl (C=O) groups excluding carboxylic acids is 1. The first-order valence-electron chi connectivity index (χ1n) is 3.84. The van der Waals surface area contributed by atoms with Gasteiger partial charge in [0, 0.05) is 0 Å². The molecule has 0 aromatic rings. The molecule has 2 nitrogen and oxygen atoms in total. The van der Waals surface area contributed by atoms with Gasteiger partial charge in [-0.05, 0) is 25.3 Å². The highest BCUT2D eigenvalue weighted by molar-refractivity contribution is 5.90. The lowest BCUT2D eigenvalue weighted by atomic mass is 10.2. The Hall–Kier alpha value is -0.890. The molecule has 2 heteroatoms. The van der Waals surface area contributed by atoms with Gasteiger partial charge in [-0.15, -0.1) is 0 Å². The molecule has 0 bridgehead atoms. The Balaban J connectivity index is 2.40. The van der Waals surface area contributed by atoms with Crippen LogP contribution in [0.3, 0.4) is 0 Å². The molecule has 0 radical (unpaired) electrons. The van der Waals surface area contributed by atoms with Crippen LogP contribution in [-0.4, -0.2) is 17.5 Å². The van der Waals surface area contributed by atoms with Crippen LogP contribution in [0.1, 0.15) is 19.3 Å². The Bertz CT molecular complexity index is 202. The number of rotatable bonds is 3. The maximum absolute atomic E-state index is 10.6. The lowest BCUT2D eigenvalue weighted by Crippen LogP contribution is -1.97. The van der Waals surface area contributed by atoms with Crippen molar-refractivity contribution in [1.29, 1.82) is 0 Å². The van der Waals surface area contributed by atoms with Crippen molar-refractivity contribution in [3.63, 3.8) is 0 Å². The van der Waals surface area contributed by atoms with Crippen LogP contribution < -0.4 is 0 Å². The van der Waals surface area contributed by atoms with Crippen molar-refractivity contribution >= 4 is 5.78 Å². The maximum atomic E-state index is 10.6. The predicted octanol–water partition coefficient (Wildman–Crippen LogP) is 1.21. The van der Waals surface area contributed by atoms with Crippen LogP contribution in [0.5, 0.6) is 0 Å². The van der Waals surface area contributed by atoms with E-state index >= 15 is 0 Å². The van der Waals surface area contributed by atoms with Crippen molar-refractivity contribution in [3.8, 4) is 0 Å². The molecule has 0 unspecified atom stereocenters. The van der Waals surface area contributed by atoms with Gasteiger partial charge >= 0.3 is 0 Å². The van der Waals surface area contributed by atoms with E-state index in [4.69, 9.17) is 5.11 Å². The summed E-state index contributed by atoms with van der Waals surface area (Å²) >= 11 is 0. The quantitative estimate of drug-likeness (QED) is 0.617. The largest absolute Gasteiger partial charge is 0.388 e. The third-order valence-electron chi connectivity index (χ3n) is 1.72. The van der Waals surface area contributed by atoms with Crippen molar-refractivity contribution in [3.05, 3.63) is 23.8 Å². The molecule has 0 aromatic carbocycles. The van der Waals surface area contributed by atoms with Gasteiger partial charge in [-0.25, -0.2) is 0 Å². The van der Waals surface area contributed by atoms with Crippen LogP contribution in [-0.2, 0) is 4.79 Å². The van der Waals surface area contributed by atoms with E-state index in [1.165, 1.54) is 18.1 Å². The standard InChI is InChI=1S/C9H12O2/c10-7-9(11)6-5-8-3-1-2-4-8/h3,5-6,10H,1-2,4,7H2/b6-5+. The van der Waals surface area contributed by atoms with Gasteiger partial charge in [-0.1, -0.05) is 17.7 Å². The summed E-state index contributed by atoms with van der Waals surface area (Å²) in [5, 5.41) is 8.39. The molecule has 0 aromatic heterocycles. The fourth-order valence-electron chi connectivity index (χ4n) is 1.10. The summed E-state index contributed by atoms with van der Waals surface area (Å²) in [6, 6.07) is 0. The van der Waals surface area contributed by atoms with Gasteiger partial charge in [0.05, 0.1) is 0 Å². The molecule has 0 heterocycles. The van der Waals surface area contributed by atoms with Crippen LogP contribution in [0.15, 0.2) is 23.8 Å². The van der Waals surface area contributed by atoms with E-state index in [0.717, 1.165) is 12.8 Å². The SMILES string of the molecule is O=C(/C=C/C1=CCCC1)CO. The minimum absolute atomic E-state index is 0.224. The lowest BCUT2D eigenvalue weighted by molar-refractivity contribution is -0.117. The molecule has 1 N–H and O–H groups in total. The molecule has 60 valence electrons. The normalized spacial score (nSPS) is 17.4. The summed E-state index contributed by atoms with van der Waals surface area (Å²) < 4.78 is 0. The highest BCUT2D eigenvalue weighted by atomic mass is 16.3. The van der Waals surface area contributed by atoms with Gasteiger partial charge < -0.3 is 5.11 Å². The zero-order valence-corrected chi connectivity index (χ0v) is 6.42. The molecule has 0 aliphatic heterocycles. The summed E-state index contributed by atoms with van der Waals surface area (Å²) in [4.78, 5) is 10.6. The second kappa shape index (κ2) is 4.09. The highest BCUT2D eigenvalue weighted by Crippen LogP contribution is 2.17. The number of allylic oxidation sites excluding steroid dienone is 3. The molecule has 0 saturated heterocycles. The van der Waals surface area contributed by atoms with Gasteiger partial charge in [-0.2, -0.15) is 0 Å². The zero-order valence-electron chi connectivity index (χ0n) is 6.42. The molecule has 1 rings (SSSR count). The number of aliphatic hydroxyl groups excluding tert-OH is 1. The van der Waals surface area contributed by atoms with Gasteiger partial charge in [0.25, 0.3) is 0 Å². The van der Waals surface area contributed by atoms with Gasteiger partial charge in [0.2, 0.25) is 0 Å². The highest BCUT2D eigenvalue weighted by Gasteiger charge is 2.00. The Morgan fingerprint density at radius 1 is 1.73 bits per heavy atom. The number of hydrogen-bond donors (Lipinski definition) is 1. The molecule has 0 spiro atoms. The summed E-state index contributed by atoms with van der Waals surface area (Å²) in [5.41, 5.74) is 1.21. The van der Waals surface area contributed by atoms with Gasteiger partial charge in [0.15, 0.2) is 5.78 Å². The van der Waals surface area contributed by atoms with E-state index in [2.05, 4.69) is 6.08 Å². The van der Waals surface area contributed by atoms with E-state index in [-0.39, 0.29) is 12.4 Å². The van der Waals surface area contributed by atoms with Crippen LogP contribution in [0, 0.1) is 0 Å². The van der Waals surface area contributed by atoms with E-state index in [9.17, 15) is 4.79 Å². The molecule has 0 amide bonds. The topological polar surface area (TPSA) is 37.3 Å². The summed E-state index contributed by atoms with van der Waals surface area (Å²) in [6.45, 7) is -0.385. The number of carbonyl (C=O) groups is 1. The number of hydrogen-bond acceptors (Lipinski definition) is 2. The molecular formula is C9H12O2. The minimum atomic E-state index is -0.385. The average Bonchev–Trinajstić information content (AvgIpc) is 2.52. The first-order chi connectivity index (χ1) is 5.33. The average molecular weight is 152 g/mol. The van der Waals surface area contributed by atoms with Crippen molar-refractivity contribution in [2.75, 3.05) is 6.61 Å². The number of ketones is 1. The lowest BCUT2D eigenvalue weighted by Gasteiger charge is -1.89. The van der Waals surface area contributed by atoms with Crippen LogP contribution in [0.2, 0.25) is 0 Å². The first-order valence-corrected chi connectivity index (χ1v) is 3.84. The Morgan fingerprint density at radius 2 is 2.55 bits per heavy atom. The van der Waals surface area contributed by atoms with Gasteiger partial charge in [-0.3, -0.25) is 4.79 Å². The summed E-state index contributed by atoms with van der Waals surface area (Å²) in [7, 11) is 0. The molecule has 0 fully saturated rings. The van der Waals surface area contributed by atoms with Crippen LogP contribution in [0.4, 0.5) is 0 Å². The minimum Gasteiger partial charge on any atom is -0.388 e. The molecular weight excluding hydrogens is 140 g/mol. The fourth-order valence-corrected chi connectivity index (χ4v) is 1.10. The van der Waals surface area contributed by atoms with Crippen molar-refractivity contribution in [2.45, 2.75) is 19.3 Å².